The van der Waals surface area contributed by atoms with Crippen molar-refractivity contribution in [1.29, 1.82) is 0 Å². The first kappa shape index (κ1) is 15.3. The van der Waals surface area contributed by atoms with Gasteiger partial charge in [-0.3, -0.25) is 0 Å². The van der Waals surface area contributed by atoms with Crippen LogP contribution in [0.1, 0.15) is 37.2 Å². The van der Waals surface area contributed by atoms with E-state index >= 15 is 0 Å². The SMILES string of the molecule is CCC(C)Nc1cc(Nc2cc(C)ccc2C)nc(C)n1. The molecule has 21 heavy (non-hydrogen) atoms. The molecule has 1 unspecified atom stereocenters. The number of aryl methyl sites for hydroxylation is 3. The van der Waals surface area contributed by atoms with Gasteiger partial charge in [0.2, 0.25) is 0 Å². The summed E-state index contributed by atoms with van der Waals surface area (Å²) in [6.07, 6.45) is 1.06. The molecule has 0 bridgehead atoms. The van der Waals surface area contributed by atoms with Crippen molar-refractivity contribution in [3.8, 4) is 0 Å². The van der Waals surface area contributed by atoms with Gasteiger partial charge in [-0.15, -0.1) is 0 Å². The highest BCUT2D eigenvalue weighted by Crippen LogP contribution is 2.22. The van der Waals surface area contributed by atoms with Crippen molar-refractivity contribution in [3.63, 3.8) is 0 Å². The number of anilines is 3. The Bertz CT molecular complexity index is 622. The summed E-state index contributed by atoms with van der Waals surface area (Å²) in [6.45, 7) is 10.4. The molecule has 1 heterocycles. The van der Waals surface area contributed by atoms with E-state index in [1.54, 1.807) is 0 Å². The standard InChI is InChI=1S/C17H24N4/c1-6-13(4)18-16-10-17(20-14(5)19-16)21-15-9-11(2)7-8-12(15)3/h7-10,13H,6H2,1-5H3,(H2,18,19,20,21). The molecule has 4 nitrogen and oxygen atoms in total. The summed E-state index contributed by atoms with van der Waals surface area (Å²) in [7, 11) is 0. The average Bonchev–Trinajstić information content (AvgIpc) is 2.42. The summed E-state index contributed by atoms with van der Waals surface area (Å²) >= 11 is 0. The Labute approximate surface area is 127 Å². The Morgan fingerprint density at radius 2 is 1.76 bits per heavy atom. The van der Waals surface area contributed by atoms with Crippen LogP contribution < -0.4 is 10.6 Å². The molecule has 0 spiro atoms. The molecule has 0 fully saturated rings. The van der Waals surface area contributed by atoms with Crippen LogP contribution in [-0.4, -0.2) is 16.0 Å². The minimum atomic E-state index is 0.396. The highest BCUT2D eigenvalue weighted by Gasteiger charge is 2.06. The average molecular weight is 284 g/mol. The second kappa shape index (κ2) is 6.57. The van der Waals surface area contributed by atoms with Gasteiger partial charge in [-0.2, -0.15) is 0 Å². The maximum Gasteiger partial charge on any atom is 0.136 e. The van der Waals surface area contributed by atoms with Gasteiger partial charge >= 0.3 is 0 Å². The molecule has 1 atom stereocenters. The predicted molar refractivity (Wildman–Crippen MR) is 89.3 cm³/mol. The third kappa shape index (κ3) is 4.18. The number of benzene rings is 1. The molecule has 1 aromatic heterocycles. The maximum atomic E-state index is 4.47. The summed E-state index contributed by atoms with van der Waals surface area (Å²) in [4.78, 5) is 8.91. The summed E-state index contributed by atoms with van der Waals surface area (Å²) < 4.78 is 0. The molecule has 4 heteroatoms. The zero-order valence-corrected chi connectivity index (χ0v) is 13.5. The Morgan fingerprint density at radius 3 is 2.48 bits per heavy atom. The van der Waals surface area contributed by atoms with Gasteiger partial charge in [0.25, 0.3) is 0 Å². The molecule has 0 aliphatic heterocycles. The highest BCUT2D eigenvalue weighted by atomic mass is 15.1. The van der Waals surface area contributed by atoms with E-state index in [0.29, 0.717) is 6.04 Å². The van der Waals surface area contributed by atoms with Crippen LogP contribution in [0.5, 0.6) is 0 Å². The molecule has 0 saturated heterocycles. The van der Waals surface area contributed by atoms with Crippen molar-refractivity contribution < 1.29 is 0 Å². The quantitative estimate of drug-likeness (QED) is 0.856. The van der Waals surface area contributed by atoms with E-state index in [1.807, 2.05) is 13.0 Å². The molecule has 2 aromatic rings. The van der Waals surface area contributed by atoms with Crippen molar-refractivity contribution in [2.75, 3.05) is 10.6 Å². The number of rotatable bonds is 5. The zero-order chi connectivity index (χ0) is 15.4. The normalized spacial score (nSPS) is 12.0. The third-order valence-corrected chi connectivity index (χ3v) is 3.50. The molecule has 0 amide bonds. The molecular weight excluding hydrogens is 260 g/mol. The van der Waals surface area contributed by atoms with E-state index in [1.165, 1.54) is 11.1 Å². The van der Waals surface area contributed by atoms with Crippen molar-refractivity contribution in [1.82, 2.24) is 9.97 Å². The molecule has 2 rings (SSSR count). The lowest BCUT2D eigenvalue weighted by Crippen LogP contribution is -2.15. The number of nitrogens with one attached hydrogen (secondary N) is 2. The maximum absolute atomic E-state index is 4.47. The minimum absolute atomic E-state index is 0.396. The Balaban J connectivity index is 2.25. The van der Waals surface area contributed by atoms with E-state index < -0.39 is 0 Å². The lowest BCUT2D eigenvalue weighted by molar-refractivity contribution is 0.757. The van der Waals surface area contributed by atoms with Gasteiger partial charge in [0.05, 0.1) is 0 Å². The van der Waals surface area contributed by atoms with Crippen LogP contribution in [0.15, 0.2) is 24.3 Å². The van der Waals surface area contributed by atoms with Gasteiger partial charge in [0.15, 0.2) is 0 Å². The number of aromatic nitrogens is 2. The lowest BCUT2D eigenvalue weighted by Gasteiger charge is -2.15. The van der Waals surface area contributed by atoms with E-state index in [4.69, 9.17) is 0 Å². The van der Waals surface area contributed by atoms with Gasteiger partial charge in [0, 0.05) is 17.8 Å². The van der Waals surface area contributed by atoms with Crippen LogP contribution in [0, 0.1) is 20.8 Å². The summed E-state index contributed by atoms with van der Waals surface area (Å²) in [6, 6.07) is 8.72. The van der Waals surface area contributed by atoms with E-state index in [9.17, 15) is 0 Å². The van der Waals surface area contributed by atoms with Gasteiger partial charge < -0.3 is 10.6 Å². The first-order chi connectivity index (χ1) is 9.97. The Hall–Kier alpha value is -2.10. The van der Waals surface area contributed by atoms with E-state index in [0.717, 1.165) is 29.6 Å². The molecular formula is C17H24N4. The summed E-state index contributed by atoms with van der Waals surface area (Å²) in [5.74, 6) is 2.45. The first-order valence-corrected chi connectivity index (χ1v) is 7.44. The van der Waals surface area contributed by atoms with Crippen molar-refractivity contribution in [3.05, 3.63) is 41.2 Å². The van der Waals surface area contributed by atoms with Crippen molar-refractivity contribution in [2.45, 2.75) is 47.1 Å². The highest BCUT2D eigenvalue weighted by molar-refractivity contribution is 5.63. The molecule has 0 saturated carbocycles. The Morgan fingerprint density at radius 1 is 1.05 bits per heavy atom. The fraction of sp³-hybridized carbons (Fsp3) is 0.412. The molecule has 0 aliphatic rings. The number of nitrogens with zero attached hydrogens (tertiary/aromatic N) is 2. The fourth-order valence-electron chi connectivity index (χ4n) is 2.07. The number of hydrogen-bond acceptors (Lipinski definition) is 4. The second-order valence-corrected chi connectivity index (χ2v) is 5.58. The summed E-state index contributed by atoms with van der Waals surface area (Å²) in [5.41, 5.74) is 3.52. The minimum Gasteiger partial charge on any atom is -0.367 e. The lowest BCUT2D eigenvalue weighted by atomic mass is 10.1. The second-order valence-electron chi connectivity index (χ2n) is 5.58. The topological polar surface area (TPSA) is 49.8 Å². The van der Waals surface area contributed by atoms with Crippen LogP contribution in [0.4, 0.5) is 17.3 Å². The largest absolute Gasteiger partial charge is 0.367 e. The van der Waals surface area contributed by atoms with Crippen LogP contribution >= 0.6 is 0 Å². The van der Waals surface area contributed by atoms with Crippen molar-refractivity contribution in [2.24, 2.45) is 0 Å². The van der Waals surface area contributed by atoms with E-state index in [-0.39, 0.29) is 0 Å². The van der Waals surface area contributed by atoms with Crippen LogP contribution in [0.3, 0.4) is 0 Å². The molecule has 112 valence electrons. The van der Waals surface area contributed by atoms with Crippen LogP contribution in [-0.2, 0) is 0 Å². The van der Waals surface area contributed by atoms with Gasteiger partial charge in [-0.25, -0.2) is 9.97 Å². The molecule has 0 radical (unpaired) electrons. The van der Waals surface area contributed by atoms with Gasteiger partial charge in [0.1, 0.15) is 17.5 Å². The predicted octanol–water partition coefficient (Wildman–Crippen LogP) is 4.36. The Kier molecular flexibility index (Phi) is 4.78. The van der Waals surface area contributed by atoms with Crippen LogP contribution in [0.25, 0.3) is 0 Å². The van der Waals surface area contributed by atoms with E-state index in [2.05, 4.69) is 66.5 Å². The summed E-state index contributed by atoms with van der Waals surface area (Å²) in [5, 5.41) is 6.79. The van der Waals surface area contributed by atoms with Crippen molar-refractivity contribution >= 4 is 17.3 Å². The van der Waals surface area contributed by atoms with Gasteiger partial charge in [-0.1, -0.05) is 19.1 Å². The monoisotopic (exact) mass is 284 g/mol. The first-order valence-electron chi connectivity index (χ1n) is 7.44. The smallest absolute Gasteiger partial charge is 0.136 e. The molecule has 2 N–H and O–H groups in total. The third-order valence-electron chi connectivity index (χ3n) is 3.50. The molecule has 0 aliphatic carbocycles. The van der Waals surface area contributed by atoms with Gasteiger partial charge in [-0.05, 0) is 51.3 Å². The molecule has 1 aromatic carbocycles. The zero-order valence-electron chi connectivity index (χ0n) is 13.5. The number of hydrogen-bond donors (Lipinski definition) is 2. The fourth-order valence-corrected chi connectivity index (χ4v) is 2.07. The van der Waals surface area contributed by atoms with Crippen LogP contribution in [0.2, 0.25) is 0 Å².